The fraction of sp³-hybridized carbons (Fsp3) is 0.529. The van der Waals surface area contributed by atoms with Crippen molar-refractivity contribution in [2.24, 2.45) is 5.41 Å². The SMILES string of the molecule is Cc1cccc(C(C)NC(=O)N2CCC(C)(C(=O)O)C2)c1C. The Morgan fingerprint density at radius 2 is 2.05 bits per heavy atom. The largest absolute Gasteiger partial charge is 0.481 e. The summed E-state index contributed by atoms with van der Waals surface area (Å²) in [4.78, 5) is 25.2. The van der Waals surface area contributed by atoms with Crippen LogP contribution < -0.4 is 5.32 Å². The van der Waals surface area contributed by atoms with E-state index < -0.39 is 11.4 Å². The molecule has 2 N–H and O–H groups in total. The monoisotopic (exact) mass is 304 g/mol. The van der Waals surface area contributed by atoms with Gasteiger partial charge in [0, 0.05) is 13.1 Å². The Bertz CT molecular complexity index is 600. The van der Waals surface area contributed by atoms with Gasteiger partial charge >= 0.3 is 12.0 Å². The number of rotatable bonds is 3. The molecule has 1 aromatic rings. The molecule has 0 radical (unpaired) electrons. The van der Waals surface area contributed by atoms with Gasteiger partial charge in [0.15, 0.2) is 0 Å². The van der Waals surface area contributed by atoms with E-state index in [9.17, 15) is 14.7 Å². The third-order valence-corrected chi connectivity index (χ3v) is 4.73. The number of carbonyl (C=O) groups excluding carboxylic acids is 1. The van der Waals surface area contributed by atoms with Crippen molar-refractivity contribution in [1.82, 2.24) is 10.2 Å². The third-order valence-electron chi connectivity index (χ3n) is 4.73. The lowest BCUT2D eigenvalue weighted by molar-refractivity contribution is -0.146. The number of carboxylic acids is 1. The van der Waals surface area contributed by atoms with Gasteiger partial charge in [-0.2, -0.15) is 0 Å². The standard InChI is InChI=1S/C17H24N2O3/c1-11-6-5-7-14(12(11)2)13(3)18-16(22)19-9-8-17(4,10-19)15(20)21/h5-7,13H,8-10H2,1-4H3,(H,18,22)(H,20,21). The van der Waals surface area contributed by atoms with E-state index >= 15 is 0 Å². The maximum absolute atomic E-state index is 12.4. The summed E-state index contributed by atoms with van der Waals surface area (Å²) in [7, 11) is 0. The van der Waals surface area contributed by atoms with Crippen LogP contribution in [0.3, 0.4) is 0 Å². The summed E-state index contributed by atoms with van der Waals surface area (Å²) in [5.74, 6) is -0.842. The minimum Gasteiger partial charge on any atom is -0.481 e. The van der Waals surface area contributed by atoms with Gasteiger partial charge in [-0.05, 0) is 50.8 Å². The number of aliphatic carboxylic acids is 1. The molecular formula is C17H24N2O3. The zero-order valence-electron chi connectivity index (χ0n) is 13.6. The van der Waals surface area contributed by atoms with E-state index in [1.165, 1.54) is 11.1 Å². The maximum Gasteiger partial charge on any atom is 0.317 e. The van der Waals surface area contributed by atoms with Crippen molar-refractivity contribution in [3.05, 3.63) is 34.9 Å². The Morgan fingerprint density at radius 1 is 1.36 bits per heavy atom. The van der Waals surface area contributed by atoms with Gasteiger partial charge in [0.1, 0.15) is 0 Å². The van der Waals surface area contributed by atoms with Gasteiger partial charge in [0.2, 0.25) is 0 Å². The predicted molar refractivity (Wildman–Crippen MR) is 84.8 cm³/mol. The number of carbonyl (C=O) groups is 2. The molecule has 1 aliphatic rings. The Labute approximate surface area is 131 Å². The average molecular weight is 304 g/mol. The molecule has 5 heteroatoms. The van der Waals surface area contributed by atoms with Crippen molar-refractivity contribution in [3.8, 4) is 0 Å². The highest BCUT2D eigenvalue weighted by molar-refractivity contribution is 5.79. The zero-order valence-corrected chi connectivity index (χ0v) is 13.6. The van der Waals surface area contributed by atoms with Crippen LogP contribution in [0, 0.1) is 19.3 Å². The predicted octanol–water partition coefficient (Wildman–Crippen LogP) is 2.87. The summed E-state index contributed by atoms with van der Waals surface area (Å²) >= 11 is 0. The second kappa shape index (κ2) is 5.99. The van der Waals surface area contributed by atoms with Crippen LogP contribution in [-0.4, -0.2) is 35.1 Å². The number of hydrogen-bond donors (Lipinski definition) is 2. The van der Waals surface area contributed by atoms with Crippen molar-refractivity contribution in [2.45, 2.75) is 40.2 Å². The summed E-state index contributed by atoms with van der Waals surface area (Å²) in [6.07, 6.45) is 0.494. The molecule has 2 amide bonds. The Balaban J connectivity index is 2.04. The molecule has 1 heterocycles. The van der Waals surface area contributed by atoms with Gasteiger partial charge in [0.25, 0.3) is 0 Å². The molecule has 0 aliphatic carbocycles. The first-order valence-electron chi connectivity index (χ1n) is 7.59. The summed E-state index contributed by atoms with van der Waals surface area (Å²) in [6.45, 7) is 8.47. The number of benzene rings is 1. The number of urea groups is 1. The van der Waals surface area contributed by atoms with E-state index in [2.05, 4.69) is 5.32 Å². The molecule has 1 saturated heterocycles. The molecule has 0 bridgehead atoms. The number of nitrogens with zero attached hydrogens (tertiary/aromatic N) is 1. The molecule has 1 fully saturated rings. The first-order chi connectivity index (χ1) is 10.2. The van der Waals surface area contributed by atoms with E-state index in [-0.39, 0.29) is 18.6 Å². The third kappa shape index (κ3) is 3.08. The van der Waals surface area contributed by atoms with Crippen LogP contribution in [0.2, 0.25) is 0 Å². The van der Waals surface area contributed by atoms with E-state index in [0.29, 0.717) is 13.0 Å². The quantitative estimate of drug-likeness (QED) is 0.902. The van der Waals surface area contributed by atoms with Crippen LogP contribution in [0.1, 0.15) is 43.0 Å². The van der Waals surface area contributed by atoms with Gasteiger partial charge in [0.05, 0.1) is 11.5 Å². The summed E-state index contributed by atoms with van der Waals surface area (Å²) in [5, 5.41) is 12.2. The number of amides is 2. The fourth-order valence-corrected chi connectivity index (χ4v) is 2.91. The zero-order chi connectivity index (χ0) is 16.5. The van der Waals surface area contributed by atoms with Crippen LogP contribution in [0.5, 0.6) is 0 Å². The average Bonchev–Trinajstić information content (AvgIpc) is 2.86. The highest BCUT2D eigenvalue weighted by Crippen LogP contribution is 2.30. The fourth-order valence-electron chi connectivity index (χ4n) is 2.91. The number of aryl methyl sites for hydroxylation is 1. The molecule has 2 unspecified atom stereocenters. The number of likely N-dealkylation sites (tertiary alicyclic amines) is 1. The van der Waals surface area contributed by atoms with Gasteiger partial charge in [-0.25, -0.2) is 4.79 Å². The topological polar surface area (TPSA) is 69.6 Å². The molecule has 0 aromatic heterocycles. The smallest absolute Gasteiger partial charge is 0.317 e. The lowest BCUT2D eigenvalue weighted by Gasteiger charge is -2.24. The summed E-state index contributed by atoms with van der Waals surface area (Å²) in [5.41, 5.74) is 2.62. The first-order valence-corrected chi connectivity index (χ1v) is 7.59. The molecule has 1 aromatic carbocycles. The molecule has 0 spiro atoms. The Morgan fingerprint density at radius 3 is 2.64 bits per heavy atom. The molecule has 120 valence electrons. The van der Waals surface area contributed by atoms with E-state index in [1.54, 1.807) is 11.8 Å². The maximum atomic E-state index is 12.4. The van der Waals surface area contributed by atoms with E-state index in [0.717, 1.165) is 5.56 Å². The highest BCUT2D eigenvalue weighted by Gasteiger charge is 2.42. The van der Waals surface area contributed by atoms with Crippen molar-refractivity contribution in [3.63, 3.8) is 0 Å². The highest BCUT2D eigenvalue weighted by atomic mass is 16.4. The van der Waals surface area contributed by atoms with Gasteiger partial charge in [-0.15, -0.1) is 0 Å². The molecule has 2 rings (SSSR count). The molecule has 2 atom stereocenters. The van der Waals surface area contributed by atoms with Crippen molar-refractivity contribution < 1.29 is 14.7 Å². The van der Waals surface area contributed by atoms with Crippen LogP contribution in [-0.2, 0) is 4.79 Å². The normalized spacial score (nSPS) is 22.5. The van der Waals surface area contributed by atoms with Crippen molar-refractivity contribution in [1.29, 1.82) is 0 Å². The van der Waals surface area contributed by atoms with Crippen LogP contribution in [0.25, 0.3) is 0 Å². The second-order valence-corrected chi connectivity index (χ2v) is 6.50. The molecule has 5 nitrogen and oxygen atoms in total. The van der Waals surface area contributed by atoms with Gasteiger partial charge < -0.3 is 15.3 Å². The van der Waals surface area contributed by atoms with Crippen molar-refractivity contribution >= 4 is 12.0 Å². The van der Waals surface area contributed by atoms with Gasteiger partial charge in [-0.1, -0.05) is 18.2 Å². The lowest BCUT2D eigenvalue weighted by atomic mass is 9.90. The van der Waals surface area contributed by atoms with Crippen LogP contribution in [0.4, 0.5) is 4.79 Å². The molecule has 1 aliphatic heterocycles. The van der Waals surface area contributed by atoms with Crippen molar-refractivity contribution in [2.75, 3.05) is 13.1 Å². The lowest BCUT2D eigenvalue weighted by Crippen LogP contribution is -2.41. The molecule has 22 heavy (non-hydrogen) atoms. The summed E-state index contributed by atoms with van der Waals surface area (Å²) < 4.78 is 0. The minimum absolute atomic E-state index is 0.107. The number of carboxylic acid groups (broad SMARTS) is 1. The Hall–Kier alpha value is -2.04. The first kappa shape index (κ1) is 16.3. The number of hydrogen-bond acceptors (Lipinski definition) is 2. The van der Waals surface area contributed by atoms with E-state index in [4.69, 9.17) is 0 Å². The van der Waals surface area contributed by atoms with Gasteiger partial charge in [-0.3, -0.25) is 4.79 Å². The minimum atomic E-state index is -0.842. The Kier molecular flexibility index (Phi) is 4.44. The molecular weight excluding hydrogens is 280 g/mol. The second-order valence-electron chi connectivity index (χ2n) is 6.50. The van der Waals surface area contributed by atoms with Crippen LogP contribution in [0.15, 0.2) is 18.2 Å². The van der Waals surface area contributed by atoms with E-state index in [1.807, 2.05) is 39.0 Å². The number of nitrogens with one attached hydrogen (secondary N) is 1. The van der Waals surface area contributed by atoms with Crippen LogP contribution >= 0.6 is 0 Å². The molecule has 0 saturated carbocycles. The summed E-state index contributed by atoms with van der Waals surface area (Å²) in [6, 6.07) is 5.74.